The topological polar surface area (TPSA) is 81.7 Å². The number of nitrogens with zero attached hydrogens (tertiary/aromatic N) is 4. The molecule has 2 aromatic heterocycles. The van der Waals surface area contributed by atoms with Crippen LogP contribution in [-0.2, 0) is 0 Å². The standard InChI is InChI=1S/C23H19F7N6/c1-12(31)36-16-5-4-15(24)19(27)18(16)20(34-21(36)32)35(11-17(25)26)14-7-9-33-13(10-14)6-8-22(2,3)23(28,29)30/h4-5,7,9-10,17,31-32H,11H2,1-3H3. The summed E-state index contributed by atoms with van der Waals surface area (Å²) in [5.74, 6) is 0.752. The minimum absolute atomic E-state index is 0.111. The number of benzene rings is 1. The molecule has 190 valence electrons. The Bertz CT molecular complexity index is 1450. The van der Waals surface area contributed by atoms with Crippen LogP contribution < -0.4 is 10.5 Å². The Kier molecular flexibility index (Phi) is 7.11. The molecule has 0 aliphatic heterocycles. The van der Waals surface area contributed by atoms with E-state index in [1.54, 1.807) is 0 Å². The van der Waals surface area contributed by atoms with Crippen LogP contribution in [0.15, 0.2) is 30.5 Å². The molecule has 0 aliphatic carbocycles. The highest BCUT2D eigenvalue weighted by molar-refractivity contribution is 5.97. The zero-order valence-electron chi connectivity index (χ0n) is 19.1. The second-order valence-corrected chi connectivity index (χ2v) is 8.21. The van der Waals surface area contributed by atoms with Crippen LogP contribution in [0.4, 0.5) is 42.2 Å². The van der Waals surface area contributed by atoms with Crippen molar-refractivity contribution in [3.63, 3.8) is 0 Å². The third-order valence-electron chi connectivity index (χ3n) is 5.14. The van der Waals surface area contributed by atoms with Crippen molar-refractivity contribution in [2.45, 2.75) is 33.4 Å². The lowest BCUT2D eigenvalue weighted by Crippen LogP contribution is -2.33. The van der Waals surface area contributed by atoms with Crippen LogP contribution in [0.5, 0.6) is 0 Å². The van der Waals surface area contributed by atoms with Gasteiger partial charge in [0.1, 0.15) is 22.8 Å². The van der Waals surface area contributed by atoms with Gasteiger partial charge in [-0.1, -0.05) is 5.92 Å². The Morgan fingerprint density at radius 3 is 2.42 bits per heavy atom. The zero-order valence-corrected chi connectivity index (χ0v) is 19.1. The van der Waals surface area contributed by atoms with Crippen LogP contribution in [-0.4, -0.2) is 39.5 Å². The van der Waals surface area contributed by atoms with Gasteiger partial charge in [-0.2, -0.15) is 18.2 Å². The van der Waals surface area contributed by atoms with E-state index in [0.717, 1.165) is 47.7 Å². The number of anilines is 2. The van der Waals surface area contributed by atoms with Gasteiger partial charge in [-0.15, -0.1) is 0 Å². The van der Waals surface area contributed by atoms with Gasteiger partial charge in [-0.25, -0.2) is 22.5 Å². The molecule has 0 atom stereocenters. The molecule has 0 saturated carbocycles. The highest BCUT2D eigenvalue weighted by atomic mass is 19.4. The molecule has 0 aliphatic rings. The van der Waals surface area contributed by atoms with Gasteiger partial charge < -0.3 is 4.90 Å². The number of fused-ring (bicyclic) bond motifs is 1. The monoisotopic (exact) mass is 512 g/mol. The number of halogens is 7. The van der Waals surface area contributed by atoms with Gasteiger partial charge in [-0.05, 0) is 51.0 Å². The van der Waals surface area contributed by atoms with Crippen LogP contribution in [0.1, 0.15) is 26.5 Å². The van der Waals surface area contributed by atoms with Crippen molar-refractivity contribution in [1.29, 1.82) is 10.8 Å². The first-order valence-corrected chi connectivity index (χ1v) is 10.3. The fraction of sp³-hybridized carbons (Fsp3) is 0.304. The van der Waals surface area contributed by atoms with Crippen molar-refractivity contribution >= 4 is 28.2 Å². The van der Waals surface area contributed by atoms with Crippen LogP contribution in [0, 0.1) is 39.7 Å². The Labute approximate surface area is 200 Å². The predicted octanol–water partition coefficient (Wildman–Crippen LogP) is 5.38. The average molecular weight is 512 g/mol. The first-order chi connectivity index (χ1) is 16.6. The molecular formula is C23H19F7N6. The number of hydrogen-bond donors (Lipinski definition) is 2. The van der Waals surface area contributed by atoms with E-state index in [1.807, 2.05) is 0 Å². The molecule has 0 radical (unpaired) electrons. The van der Waals surface area contributed by atoms with E-state index in [1.165, 1.54) is 13.0 Å². The van der Waals surface area contributed by atoms with Crippen molar-refractivity contribution in [3.8, 4) is 11.8 Å². The third kappa shape index (κ3) is 5.17. The molecular weight excluding hydrogens is 493 g/mol. The van der Waals surface area contributed by atoms with E-state index in [0.29, 0.717) is 0 Å². The van der Waals surface area contributed by atoms with E-state index in [9.17, 15) is 30.7 Å². The fourth-order valence-electron chi connectivity index (χ4n) is 3.19. The summed E-state index contributed by atoms with van der Waals surface area (Å²) in [5, 5.41) is 15.4. The predicted molar refractivity (Wildman–Crippen MR) is 118 cm³/mol. The number of alkyl halides is 5. The number of rotatable bonds is 4. The fourth-order valence-corrected chi connectivity index (χ4v) is 3.19. The van der Waals surface area contributed by atoms with Crippen LogP contribution in [0.25, 0.3) is 10.9 Å². The molecule has 6 nitrogen and oxygen atoms in total. The summed E-state index contributed by atoms with van der Waals surface area (Å²) in [5.41, 5.74) is -3.48. The molecule has 0 spiro atoms. The smallest absolute Gasteiger partial charge is 0.320 e. The molecule has 2 N–H and O–H groups in total. The second kappa shape index (κ2) is 9.60. The number of aromatic nitrogens is 3. The normalized spacial score (nSPS) is 12.0. The van der Waals surface area contributed by atoms with E-state index in [4.69, 9.17) is 10.8 Å². The van der Waals surface area contributed by atoms with Crippen LogP contribution in [0.2, 0.25) is 0 Å². The first kappa shape index (κ1) is 26.7. The van der Waals surface area contributed by atoms with E-state index >= 15 is 0 Å². The van der Waals surface area contributed by atoms with Crippen molar-refractivity contribution in [1.82, 2.24) is 14.5 Å². The molecule has 0 unspecified atom stereocenters. The van der Waals surface area contributed by atoms with Gasteiger partial charge >= 0.3 is 6.18 Å². The second-order valence-electron chi connectivity index (χ2n) is 8.21. The molecule has 0 fully saturated rings. The minimum atomic E-state index is -4.64. The maximum atomic E-state index is 15.0. The van der Waals surface area contributed by atoms with E-state index in [-0.39, 0.29) is 22.7 Å². The number of nitrogens with one attached hydrogen (secondary N) is 2. The van der Waals surface area contributed by atoms with Crippen LogP contribution in [0.3, 0.4) is 0 Å². The van der Waals surface area contributed by atoms with E-state index < -0.39 is 53.0 Å². The lowest BCUT2D eigenvalue weighted by molar-refractivity contribution is -0.190. The Morgan fingerprint density at radius 2 is 1.83 bits per heavy atom. The first-order valence-electron chi connectivity index (χ1n) is 10.3. The Balaban J connectivity index is 2.28. The Morgan fingerprint density at radius 1 is 1.17 bits per heavy atom. The van der Waals surface area contributed by atoms with Crippen LogP contribution >= 0.6 is 0 Å². The highest BCUT2D eigenvalue weighted by Gasteiger charge is 2.46. The lowest BCUT2D eigenvalue weighted by atomic mass is 9.93. The molecule has 1 aromatic carbocycles. The van der Waals surface area contributed by atoms with Crippen molar-refractivity contribution in [2.24, 2.45) is 5.41 Å². The van der Waals surface area contributed by atoms with Gasteiger partial charge in [0.25, 0.3) is 6.43 Å². The summed E-state index contributed by atoms with van der Waals surface area (Å²) < 4.78 is 96.6. The van der Waals surface area contributed by atoms with Crippen molar-refractivity contribution in [3.05, 3.63) is 53.4 Å². The summed E-state index contributed by atoms with van der Waals surface area (Å²) in [6, 6.07) is 4.15. The zero-order chi connectivity index (χ0) is 27.0. The highest BCUT2D eigenvalue weighted by Crippen LogP contribution is 2.37. The SMILES string of the molecule is CC(=N)n1c(=N)nc(N(CC(F)F)c2ccnc(C#CC(C)(C)C(F)(F)F)c2)c2c(F)c(F)ccc21. The van der Waals surface area contributed by atoms with Gasteiger partial charge in [0.2, 0.25) is 5.62 Å². The summed E-state index contributed by atoms with van der Waals surface area (Å²) in [7, 11) is 0. The lowest BCUT2D eigenvalue weighted by Gasteiger charge is -2.26. The quantitative estimate of drug-likeness (QED) is 0.213. The van der Waals surface area contributed by atoms with Gasteiger partial charge in [0.15, 0.2) is 11.6 Å². The molecule has 36 heavy (non-hydrogen) atoms. The van der Waals surface area contributed by atoms with Crippen molar-refractivity contribution in [2.75, 3.05) is 11.4 Å². The summed E-state index contributed by atoms with van der Waals surface area (Å²) in [4.78, 5) is 8.51. The molecule has 3 rings (SSSR count). The summed E-state index contributed by atoms with van der Waals surface area (Å²) in [6.45, 7) is 1.91. The largest absolute Gasteiger partial charge is 0.404 e. The minimum Gasteiger partial charge on any atom is -0.320 e. The molecule has 13 heteroatoms. The van der Waals surface area contributed by atoms with Gasteiger partial charge in [-0.3, -0.25) is 15.4 Å². The Hall–Kier alpha value is -3.95. The maximum absolute atomic E-state index is 15.0. The number of hydrogen-bond acceptors (Lipinski definition) is 5. The average Bonchev–Trinajstić information content (AvgIpc) is 2.77. The molecule has 3 aromatic rings. The number of pyridine rings is 1. The van der Waals surface area contributed by atoms with Gasteiger partial charge in [0, 0.05) is 11.9 Å². The molecule has 0 amide bonds. The van der Waals surface area contributed by atoms with E-state index in [2.05, 4.69) is 21.8 Å². The van der Waals surface area contributed by atoms with Crippen molar-refractivity contribution < 1.29 is 30.7 Å². The van der Waals surface area contributed by atoms with Gasteiger partial charge in [0.05, 0.1) is 17.4 Å². The summed E-state index contributed by atoms with van der Waals surface area (Å²) >= 11 is 0. The molecule has 2 heterocycles. The molecule has 0 bridgehead atoms. The summed E-state index contributed by atoms with van der Waals surface area (Å²) in [6.07, 6.45) is -6.55. The maximum Gasteiger partial charge on any atom is 0.404 e. The molecule has 0 saturated heterocycles. The third-order valence-corrected chi connectivity index (χ3v) is 5.14.